The van der Waals surface area contributed by atoms with Gasteiger partial charge in [-0.2, -0.15) is 0 Å². The van der Waals surface area contributed by atoms with E-state index >= 15 is 0 Å². The van der Waals surface area contributed by atoms with Crippen LogP contribution in [0, 0.1) is 0 Å². The molecule has 2 heterocycles. The Hall–Kier alpha value is -2.10. The number of nitrogens with two attached hydrogens (primary N) is 2. The number of aliphatic hydroxyl groups excluding tert-OH is 2. The number of fused-ring (bicyclic) bond motifs is 1. The Morgan fingerprint density at radius 1 is 1.37 bits per heavy atom. The van der Waals surface area contributed by atoms with Crippen molar-refractivity contribution in [3.8, 4) is 0 Å². The lowest BCUT2D eigenvalue weighted by Gasteiger charge is -2.20. The second-order valence-corrected chi connectivity index (χ2v) is 4.10. The number of imidazole rings is 1. The molecule has 0 aliphatic rings. The molecule has 2 rings (SSSR count). The standard InChI is InChI=1S/C10H14N6O3/c11-7(6(19)2-17)5(18)1-16-4-15-8-9(12)13-3-14-10(8)16/h2-7,18-19H,1,11H2,(H2,12,13,14)/t5-,6+,7-/m1/s1. The van der Waals surface area contributed by atoms with Gasteiger partial charge in [-0.3, -0.25) is 0 Å². The first-order chi connectivity index (χ1) is 9.04. The fraction of sp³-hybridized carbons (Fsp3) is 0.400. The van der Waals surface area contributed by atoms with Gasteiger partial charge in [-0.15, -0.1) is 0 Å². The van der Waals surface area contributed by atoms with E-state index in [4.69, 9.17) is 11.5 Å². The second kappa shape index (κ2) is 5.26. The molecule has 6 N–H and O–H groups in total. The van der Waals surface area contributed by atoms with Gasteiger partial charge in [0.2, 0.25) is 0 Å². The minimum Gasteiger partial charge on any atom is -0.390 e. The van der Waals surface area contributed by atoms with E-state index < -0.39 is 18.2 Å². The fourth-order valence-corrected chi connectivity index (χ4v) is 1.67. The van der Waals surface area contributed by atoms with Crippen LogP contribution in [0.3, 0.4) is 0 Å². The SMILES string of the molecule is Nc1ncnc2c1ncn2C[C@@H](O)[C@@H](N)[C@@H](O)C=O. The monoisotopic (exact) mass is 266 g/mol. The summed E-state index contributed by atoms with van der Waals surface area (Å²) in [6.07, 6.45) is 0.430. The van der Waals surface area contributed by atoms with Crippen LogP contribution in [0.2, 0.25) is 0 Å². The summed E-state index contributed by atoms with van der Waals surface area (Å²) in [5.41, 5.74) is 12.0. The number of hydrogen-bond donors (Lipinski definition) is 4. The van der Waals surface area contributed by atoms with Crippen molar-refractivity contribution >= 4 is 23.3 Å². The number of aliphatic hydroxyl groups is 2. The van der Waals surface area contributed by atoms with Crippen molar-refractivity contribution in [2.24, 2.45) is 5.73 Å². The third-order valence-corrected chi connectivity index (χ3v) is 2.79. The van der Waals surface area contributed by atoms with Crippen LogP contribution in [0.1, 0.15) is 0 Å². The molecule has 0 radical (unpaired) electrons. The average Bonchev–Trinajstić information content (AvgIpc) is 2.81. The first-order valence-corrected chi connectivity index (χ1v) is 5.53. The number of aromatic nitrogens is 4. The first kappa shape index (κ1) is 13.3. The summed E-state index contributed by atoms with van der Waals surface area (Å²) in [5, 5.41) is 19.1. The number of aldehydes is 1. The van der Waals surface area contributed by atoms with E-state index in [2.05, 4.69) is 15.0 Å². The van der Waals surface area contributed by atoms with Crippen LogP contribution in [0.25, 0.3) is 11.2 Å². The van der Waals surface area contributed by atoms with Gasteiger partial charge in [0.05, 0.1) is 25.0 Å². The molecule has 19 heavy (non-hydrogen) atoms. The number of anilines is 1. The van der Waals surface area contributed by atoms with Crippen LogP contribution < -0.4 is 11.5 Å². The Morgan fingerprint density at radius 2 is 2.11 bits per heavy atom. The molecule has 0 amide bonds. The molecule has 0 bridgehead atoms. The van der Waals surface area contributed by atoms with Crippen LogP contribution in [0.5, 0.6) is 0 Å². The Labute approximate surface area is 107 Å². The van der Waals surface area contributed by atoms with Crippen molar-refractivity contribution in [2.45, 2.75) is 24.8 Å². The van der Waals surface area contributed by atoms with E-state index in [1.165, 1.54) is 17.2 Å². The molecule has 0 saturated heterocycles. The maximum atomic E-state index is 10.4. The molecule has 0 aliphatic heterocycles. The molecule has 9 heteroatoms. The van der Waals surface area contributed by atoms with Crippen molar-refractivity contribution in [1.29, 1.82) is 0 Å². The van der Waals surface area contributed by atoms with Crippen LogP contribution >= 0.6 is 0 Å². The van der Waals surface area contributed by atoms with Crippen molar-refractivity contribution in [3.05, 3.63) is 12.7 Å². The van der Waals surface area contributed by atoms with Gasteiger partial charge in [-0.1, -0.05) is 0 Å². The summed E-state index contributed by atoms with van der Waals surface area (Å²) >= 11 is 0. The van der Waals surface area contributed by atoms with Crippen molar-refractivity contribution in [3.63, 3.8) is 0 Å². The Bertz CT molecular complexity index is 586. The highest BCUT2D eigenvalue weighted by Crippen LogP contribution is 2.14. The number of rotatable bonds is 5. The van der Waals surface area contributed by atoms with E-state index in [1.54, 1.807) is 0 Å². The van der Waals surface area contributed by atoms with Gasteiger partial charge in [-0.25, -0.2) is 15.0 Å². The normalized spacial score (nSPS) is 16.2. The smallest absolute Gasteiger partial charge is 0.165 e. The molecule has 0 aromatic carbocycles. The summed E-state index contributed by atoms with van der Waals surface area (Å²) in [5.74, 6) is 0.232. The quantitative estimate of drug-likeness (QED) is 0.439. The third kappa shape index (κ3) is 2.52. The highest BCUT2D eigenvalue weighted by molar-refractivity contribution is 5.81. The molecule has 0 aliphatic carbocycles. The van der Waals surface area contributed by atoms with Crippen molar-refractivity contribution in [2.75, 3.05) is 5.73 Å². The highest BCUT2D eigenvalue weighted by Gasteiger charge is 2.23. The molecular formula is C10H14N6O3. The van der Waals surface area contributed by atoms with Crippen LogP contribution in [0.4, 0.5) is 5.82 Å². The lowest BCUT2D eigenvalue weighted by Crippen LogP contribution is -2.47. The van der Waals surface area contributed by atoms with Crippen LogP contribution in [-0.4, -0.2) is 54.3 Å². The molecule has 0 unspecified atom stereocenters. The van der Waals surface area contributed by atoms with Crippen LogP contribution in [0.15, 0.2) is 12.7 Å². The molecule has 0 saturated carbocycles. The zero-order valence-electron chi connectivity index (χ0n) is 9.92. The predicted octanol–water partition coefficient (Wildman–Crippen LogP) is -2.34. The van der Waals surface area contributed by atoms with Gasteiger partial charge in [0, 0.05) is 0 Å². The fourth-order valence-electron chi connectivity index (χ4n) is 1.67. The molecule has 102 valence electrons. The van der Waals surface area contributed by atoms with E-state index in [-0.39, 0.29) is 18.6 Å². The topological polar surface area (TPSA) is 153 Å². The maximum absolute atomic E-state index is 10.4. The highest BCUT2D eigenvalue weighted by atomic mass is 16.3. The number of carbonyl (C=O) groups is 1. The molecule has 2 aromatic rings. The number of nitrogens with zero attached hydrogens (tertiary/aromatic N) is 4. The average molecular weight is 266 g/mol. The van der Waals surface area contributed by atoms with E-state index in [0.717, 1.165) is 0 Å². The van der Waals surface area contributed by atoms with Gasteiger partial charge < -0.3 is 31.0 Å². The minimum absolute atomic E-state index is 0.0268. The van der Waals surface area contributed by atoms with Crippen molar-refractivity contribution < 1.29 is 15.0 Å². The minimum atomic E-state index is -1.43. The number of carbonyl (C=O) groups excluding carboxylic acids is 1. The third-order valence-electron chi connectivity index (χ3n) is 2.79. The summed E-state index contributed by atoms with van der Waals surface area (Å²) < 4.78 is 1.52. The predicted molar refractivity (Wildman–Crippen MR) is 65.8 cm³/mol. The molecule has 2 aromatic heterocycles. The Kier molecular flexibility index (Phi) is 3.69. The van der Waals surface area contributed by atoms with E-state index in [0.29, 0.717) is 11.2 Å². The van der Waals surface area contributed by atoms with Crippen molar-refractivity contribution in [1.82, 2.24) is 19.5 Å². The number of hydrogen-bond acceptors (Lipinski definition) is 8. The van der Waals surface area contributed by atoms with Gasteiger partial charge in [-0.05, 0) is 0 Å². The Morgan fingerprint density at radius 3 is 2.79 bits per heavy atom. The Balaban J connectivity index is 2.22. The molecular weight excluding hydrogens is 252 g/mol. The van der Waals surface area contributed by atoms with E-state index in [9.17, 15) is 15.0 Å². The summed E-state index contributed by atoms with van der Waals surface area (Å²) in [7, 11) is 0. The lowest BCUT2D eigenvalue weighted by atomic mass is 10.1. The van der Waals surface area contributed by atoms with Gasteiger partial charge in [0.1, 0.15) is 24.2 Å². The lowest BCUT2D eigenvalue weighted by molar-refractivity contribution is -0.117. The largest absolute Gasteiger partial charge is 0.390 e. The zero-order chi connectivity index (χ0) is 14.0. The molecule has 0 fully saturated rings. The summed E-state index contributed by atoms with van der Waals surface area (Å²) in [6, 6.07) is -1.09. The van der Waals surface area contributed by atoms with E-state index in [1.807, 2.05) is 0 Å². The summed E-state index contributed by atoms with van der Waals surface area (Å²) in [6.45, 7) is 0.0268. The van der Waals surface area contributed by atoms with Crippen LogP contribution in [-0.2, 0) is 11.3 Å². The van der Waals surface area contributed by atoms with Gasteiger partial charge in [0.25, 0.3) is 0 Å². The maximum Gasteiger partial charge on any atom is 0.165 e. The van der Waals surface area contributed by atoms with Gasteiger partial charge >= 0.3 is 0 Å². The summed E-state index contributed by atoms with van der Waals surface area (Å²) in [4.78, 5) is 22.2. The van der Waals surface area contributed by atoms with Gasteiger partial charge in [0.15, 0.2) is 11.5 Å². The first-order valence-electron chi connectivity index (χ1n) is 5.53. The molecule has 0 spiro atoms. The molecule has 9 nitrogen and oxygen atoms in total. The second-order valence-electron chi connectivity index (χ2n) is 4.10. The molecule has 3 atom stereocenters. The zero-order valence-corrected chi connectivity index (χ0v) is 9.92. The number of nitrogen functional groups attached to an aromatic ring is 1.